The number of methoxy groups -OCH3 is 1. The maximum atomic E-state index is 14.2. The van der Waals surface area contributed by atoms with Gasteiger partial charge in [0.05, 0.1) is 20.2 Å². The van der Waals surface area contributed by atoms with Crippen LogP contribution in [0.4, 0.5) is 10.3 Å². The molecule has 3 aromatic rings. The first-order valence-corrected chi connectivity index (χ1v) is 10.8. The second-order valence-electron chi connectivity index (χ2n) is 8.15. The van der Waals surface area contributed by atoms with Crippen molar-refractivity contribution in [3.8, 4) is 17.6 Å². The van der Waals surface area contributed by atoms with Gasteiger partial charge in [0.25, 0.3) is 5.56 Å². The Morgan fingerprint density at radius 3 is 2.76 bits per heavy atom. The fourth-order valence-electron chi connectivity index (χ4n) is 4.23. The fraction of sp³-hybridized carbons (Fsp3) is 0.435. The second-order valence-corrected chi connectivity index (χ2v) is 8.15. The van der Waals surface area contributed by atoms with E-state index in [4.69, 9.17) is 10.5 Å². The molecule has 0 aliphatic carbocycles. The van der Waals surface area contributed by atoms with Crippen LogP contribution in [0.5, 0.6) is 5.75 Å². The third-order valence-electron chi connectivity index (χ3n) is 5.92. The summed E-state index contributed by atoms with van der Waals surface area (Å²) < 4.78 is 23.3. The Bertz CT molecular complexity index is 1380. The minimum atomic E-state index is -0.562. The molecule has 10 heteroatoms. The zero-order valence-electron chi connectivity index (χ0n) is 19.0. The lowest BCUT2D eigenvalue weighted by Crippen LogP contribution is -2.44. The predicted molar refractivity (Wildman–Crippen MR) is 124 cm³/mol. The molecule has 0 saturated carbocycles. The van der Waals surface area contributed by atoms with Crippen molar-refractivity contribution < 1.29 is 9.13 Å². The first-order valence-electron chi connectivity index (χ1n) is 10.8. The fourth-order valence-corrected chi connectivity index (χ4v) is 4.23. The van der Waals surface area contributed by atoms with Gasteiger partial charge in [-0.2, -0.15) is 4.98 Å². The van der Waals surface area contributed by atoms with Gasteiger partial charge in [-0.25, -0.2) is 9.18 Å². The van der Waals surface area contributed by atoms with Gasteiger partial charge in [0.2, 0.25) is 5.95 Å². The number of hydrogen-bond acceptors (Lipinski definition) is 6. The number of aryl methyl sites for hydroxylation is 1. The van der Waals surface area contributed by atoms with Crippen molar-refractivity contribution in [3.63, 3.8) is 0 Å². The normalized spacial score (nSPS) is 16.0. The number of fused-ring (bicyclic) bond motifs is 1. The number of anilines is 1. The lowest BCUT2D eigenvalue weighted by molar-refractivity contribution is 0.386. The number of benzene rings is 1. The minimum absolute atomic E-state index is 0.00900. The number of nitrogens with two attached hydrogens (primary N) is 1. The largest absolute Gasteiger partial charge is 0.494 e. The van der Waals surface area contributed by atoms with Gasteiger partial charge < -0.3 is 15.4 Å². The topological polar surface area (TPSA) is 100 Å². The van der Waals surface area contributed by atoms with Gasteiger partial charge in [-0.05, 0) is 37.5 Å². The van der Waals surface area contributed by atoms with E-state index in [1.54, 1.807) is 24.6 Å². The van der Waals surface area contributed by atoms with Gasteiger partial charge in [0.1, 0.15) is 0 Å². The number of halogens is 1. The molecule has 2 aromatic heterocycles. The molecule has 33 heavy (non-hydrogen) atoms. The highest BCUT2D eigenvalue weighted by molar-refractivity contribution is 5.75. The third-order valence-corrected chi connectivity index (χ3v) is 5.92. The van der Waals surface area contributed by atoms with E-state index in [9.17, 15) is 14.0 Å². The molecule has 0 bridgehead atoms. The van der Waals surface area contributed by atoms with E-state index in [0.717, 1.165) is 24.0 Å². The summed E-state index contributed by atoms with van der Waals surface area (Å²) in [6.45, 7) is 3.25. The first-order chi connectivity index (χ1) is 15.8. The van der Waals surface area contributed by atoms with E-state index in [2.05, 4.69) is 16.8 Å². The average Bonchev–Trinajstić information content (AvgIpc) is 3.19. The summed E-state index contributed by atoms with van der Waals surface area (Å²) in [5.74, 6) is 5.96. The second kappa shape index (κ2) is 9.11. The van der Waals surface area contributed by atoms with Crippen LogP contribution in [0.25, 0.3) is 11.2 Å². The number of aromatic nitrogens is 4. The van der Waals surface area contributed by atoms with E-state index < -0.39 is 17.1 Å². The Kier molecular flexibility index (Phi) is 6.24. The van der Waals surface area contributed by atoms with Crippen molar-refractivity contribution in [2.75, 3.05) is 25.1 Å². The lowest BCUT2D eigenvalue weighted by Gasteiger charge is -2.31. The number of piperidine rings is 1. The summed E-state index contributed by atoms with van der Waals surface area (Å²) in [4.78, 5) is 33.3. The molecule has 3 heterocycles. The number of ether oxygens (including phenoxy) is 1. The van der Waals surface area contributed by atoms with Crippen LogP contribution in [-0.4, -0.2) is 44.9 Å². The number of imidazole rings is 1. The Morgan fingerprint density at radius 2 is 2.09 bits per heavy atom. The van der Waals surface area contributed by atoms with Crippen molar-refractivity contribution >= 4 is 17.1 Å². The summed E-state index contributed by atoms with van der Waals surface area (Å²) in [5, 5.41) is 0. The van der Waals surface area contributed by atoms with Gasteiger partial charge in [0, 0.05) is 26.2 Å². The van der Waals surface area contributed by atoms with Crippen LogP contribution >= 0.6 is 0 Å². The van der Waals surface area contributed by atoms with Crippen LogP contribution in [-0.2, 0) is 20.1 Å². The van der Waals surface area contributed by atoms with Crippen LogP contribution in [0.3, 0.4) is 0 Å². The summed E-state index contributed by atoms with van der Waals surface area (Å²) in [7, 11) is 2.95. The van der Waals surface area contributed by atoms with Gasteiger partial charge in [-0.3, -0.25) is 18.5 Å². The molecule has 0 radical (unpaired) electrons. The monoisotopic (exact) mass is 454 g/mol. The molecule has 1 aliphatic rings. The molecule has 0 unspecified atom stereocenters. The quantitative estimate of drug-likeness (QED) is 0.579. The maximum absolute atomic E-state index is 14.2. The van der Waals surface area contributed by atoms with Crippen LogP contribution in [0, 0.1) is 17.7 Å². The molecule has 1 aliphatic heterocycles. The van der Waals surface area contributed by atoms with Crippen LogP contribution in [0.15, 0.2) is 27.8 Å². The summed E-state index contributed by atoms with van der Waals surface area (Å²) in [6, 6.07) is 4.36. The Morgan fingerprint density at radius 1 is 1.30 bits per heavy atom. The number of hydrogen-bond donors (Lipinski definition) is 1. The lowest BCUT2D eigenvalue weighted by atomic mass is 10.1. The van der Waals surface area contributed by atoms with Crippen molar-refractivity contribution in [2.24, 2.45) is 12.8 Å². The Labute approximate surface area is 190 Å². The van der Waals surface area contributed by atoms with E-state index >= 15 is 0 Å². The molecule has 0 spiro atoms. The third kappa shape index (κ3) is 4.12. The number of rotatable bonds is 5. The van der Waals surface area contributed by atoms with Gasteiger partial charge >= 0.3 is 5.69 Å². The summed E-state index contributed by atoms with van der Waals surface area (Å²) in [5.41, 5.74) is 6.17. The molecule has 1 aromatic carbocycles. The van der Waals surface area contributed by atoms with Crippen LogP contribution in [0.2, 0.25) is 0 Å². The van der Waals surface area contributed by atoms with Gasteiger partial charge in [0.15, 0.2) is 22.7 Å². The molecule has 2 N–H and O–H groups in total. The van der Waals surface area contributed by atoms with Crippen molar-refractivity contribution in [2.45, 2.75) is 38.9 Å². The molecule has 1 saturated heterocycles. The molecule has 1 fully saturated rings. The number of nitrogens with zero attached hydrogens (tertiary/aromatic N) is 5. The molecule has 9 nitrogen and oxygen atoms in total. The molecule has 1 atom stereocenters. The SMILES string of the molecule is CC#CCn1c(N2CCC[C@@H](N)C2)nc2c1c(=O)n(Cc1ccc(OC)c(F)c1)c(=O)n2C. The molecular formula is C23H27FN6O3. The highest BCUT2D eigenvalue weighted by atomic mass is 19.1. The minimum Gasteiger partial charge on any atom is -0.494 e. The van der Waals surface area contributed by atoms with Crippen molar-refractivity contribution in [1.29, 1.82) is 0 Å². The van der Waals surface area contributed by atoms with Gasteiger partial charge in [-0.15, -0.1) is 5.92 Å². The Hall–Kier alpha value is -3.58. The zero-order chi connectivity index (χ0) is 23.7. The van der Waals surface area contributed by atoms with Crippen LogP contribution in [0.1, 0.15) is 25.3 Å². The molecule has 4 rings (SSSR count). The van der Waals surface area contributed by atoms with Crippen molar-refractivity contribution in [1.82, 2.24) is 18.7 Å². The standard InChI is InChI=1S/C23H27FN6O3/c1-4-5-11-29-19-20(26-22(29)28-10-6-7-16(25)14-28)27(2)23(32)30(21(19)31)13-15-8-9-18(33-3)17(24)12-15/h8-9,12,16H,6-7,10-11,13-14,25H2,1-3H3/t16-/m1/s1. The average molecular weight is 455 g/mol. The predicted octanol–water partition coefficient (Wildman–Crippen LogP) is 1.04. The smallest absolute Gasteiger partial charge is 0.332 e. The zero-order valence-corrected chi connectivity index (χ0v) is 19.0. The molecule has 174 valence electrons. The first kappa shape index (κ1) is 22.6. The molecule has 0 amide bonds. The Balaban J connectivity index is 1.89. The van der Waals surface area contributed by atoms with E-state index in [-0.39, 0.29) is 36.0 Å². The maximum Gasteiger partial charge on any atom is 0.332 e. The highest BCUT2D eigenvalue weighted by Crippen LogP contribution is 2.23. The summed E-state index contributed by atoms with van der Waals surface area (Å²) in [6.07, 6.45) is 1.84. The van der Waals surface area contributed by atoms with Crippen molar-refractivity contribution in [3.05, 3.63) is 50.4 Å². The molecular weight excluding hydrogens is 427 g/mol. The van der Waals surface area contributed by atoms with E-state index in [1.165, 1.54) is 23.8 Å². The summed E-state index contributed by atoms with van der Waals surface area (Å²) >= 11 is 0. The van der Waals surface area contributed by atoms with Crippen LogP contribution < -0.4 is 26.6 Å². The van der Waals surface area contributed by atoms with E-state index in [0.29, 0.717) is 18.1 Å². The van der Waals surface area contributed by atoms with E-state index in [1.807, 2.05) is 4.90 Å². The van der Waals surface area contributed by atoms with Gasteiger partial charge in [-0.1, -0.05) is 12.0 Å². The highest BCUT2D eigenvalue weighted by Gasteiger charge is 2.26.